The minimum atomic E-state index is -0.368. The van der Waals surface area contributed by atoms with Gasteiger partial charge in [-0.3, -0.25) is 9.69 Å². The molecule has 1 aliphatic rings. The zero-order chi connectivity index (χ0) is 13.1. The van der Waals surface area contributed by atoms with E-state index in [1.165, 1.54) is 0 Å². The molecule has 1 aliphatic heterocycles. The minimum Gasteiger partial charge on any atom is -0.398 e. The summed E-state index contributed by atoms with van der Waals surface area (Å²) in [5.74, 6) is -0.352. The monoisotopic (exact) mass is 313 g/mol. The van der Waals surface area contributed by atoms with Gasteiger partial charge in [0, 0.05) is 23.2 Å². The third-order valence-electron chi connectivity index (χ3n) is 3.05. The lowest BCUT2D eigenvalue weighted by molar-refractivity contribution is -0.129. The molecule has 18 heavy (non-hydrogen) atoms. The van der Waals surface area contributed by atoms with Crippen molar-refractivity contribution < 1.29 is 9.53 Å². The number of morpholine rings is 1. The summed E-state index contributed by atoms with van der Waals surface area (Å²) in [6.07, 6.45) is 0. The summed E-state index contributed by atoms with van der Waals surface area (Å²) >= 11 is 3.46. The molecule has 0 spiro atoms. The lowest BCUT2D eigenvalue weighted by atomic mass is 10.1. The van der Waals surface area contributed by atoms with Gasteiger partial charge in [-0.25, -0.2) is 0 Å². The zero-order valence-electron chi connectivity index (χ0n) is 9.93. The molecule has 0 radical (unpaired) electrons. The molecule has 4 N–H and O–H groups in total. The van der Waals surface area contributed by atoms with E-state index < -0.39 is 0 Å². The van der Waals surface area contributed by atoms with E-state index in [4.69, 9.17) is 16.2 Å². The molecule has 5 nitrogen and oxygen atoms in total. The van der Waals surface area contributed by atoms with E-state index in [2.05, 4.69) is 15.9 Å². The first-order valence-corrected chi connectivity index (χ1v) is 6.53. The molecule has 1 atom stereocenters. The normalized spacial score (nSPS) is 20.8. The molecule has 0 aliphatic carbocycles. The van der Waals surface area contributed by atoms with Gasteiger partial charge in [-0.05, 0) is 27.6 Å². The summed E-state index contributed by atoms with van der Waals surface area (Å²) in [6, 6.07) is 5.34. The Balaban J connectivity index is 2.16. The van der Waals surface area contributed by atoms with Crippen LogP contribution in [0.3, 0.4) is 0 Å². The summed E-state index contributed by atoms with van der Waals surface area (Å²) in [5, 5.41) is 0. The van der Waals surface area contributed by atoms with E-state index in [-0.39, 0.29) is 11.9 Å². The molecule has 1 saturated heterocycles. The minimum absolute atomic E-state index is 0.352. The van der Waals surface area contributed by atoms with E-state index in [1.807, 2.05) is 23.1 Å². The molecule has 1 aromatic carbocycles. The number of hydrogen-bond donors (Lipinski definition) is 2. The lowest BCUT2D eigenvalue weighted by Gasteiger charge is -2.33. The first-order chi connectivity index (χ1) is 8.59. The third-order valence-corrected chi connectivity index (χ3v) is 4.02. The van der Waals surface area contributed by atoms with Crippen LogP contribution in [-0.4, -0.2) is 36.6 Å². The average molecular weight is 314 g/mol. The number of nitrogen functional groups attached to an aromatic ring is 1. The van der Waals surface area contributed by atoms with E-state index in [0.29, 0.717) is 32.0 Å². The maximum absolute atomic E-state index is 11.4. The second-order valence-corrected chi connectivity index (χ2v) is 5.08. The first kappa shape index (κ1) is 13.3. The molecule has 0 saturated carbocycles. The Morgan fingerprint density at radius 3 is 3.06 bits per heavy atom. The number of primary amides is 1. The second kappa shape index (κ2) is 5.69. The standard InChI is InChI=1S/C12H16BrN3O2/c13-11-8(2-1-3-9(11)14)6-16-4-5-18-7-10(16)12(15)17/h1-3,10H,4-7,14H2,(H2,15,17). The number of nitrogens with zero attached hydrogens (tertiary/aromatic N) is 1. The maximum atomic E-state index is 11.4. The summed E-state index contributed by atoms with van der Waals surface area (Å²) in [6.45, 7) is 2.29. The van der Waals surface area contributed by atoms with E-state index in [9.17, 15) is 4.79 Å². The molecule has 0 bridgehead atoms. The average Bonchev–Trinajstić information content (AvgIpc) is 2.35. The van der Waals surface area contributed by atoms with Gasteiger partial charge in [-0.15, -0.1) is 0 Å². The number of ether oxygens (including phenoxy) is 1. The Hall–Kier alpha value is -1.11. The molecule has 2 rings (SSSR count). The lowest BCUT2D eigenvalue weighted by Crippen LogP contribution is -2.51. The van der Waals surface area contributed by atoms with Gasteiger partial charge in [0.15, 0.2) is 0 Å². The number of carbonyl (C=O) groups excluding carboxylic acids is 1. The highest BCUT2D eigenvalue weighted by Crippen LogP contribution is 2.25. The van der Waals surface area contributed by atoms with Crippen molar-refractivity contribution in [2.75, 3.05) is 25.5 Å². The van der Waals surface area contributed by atoms with Crippen LogP contribution in [0.25, 0.3) is 0 Å². The Morgan fingerprint density at radius 1 is 1.56 bits per heavy atom. The molecule has 1 aromatic rings. The predicted octanol–water partition coefficient (Wildman–Crippen LogP) is 0.717. The Bertz CT molecular complexity index is 453. The maximum Gasteiger partial charge on any atom is 0.237 e. The van der Waals surface area contributed by atoms with Crippen molar-refractivity contribution in [2.45, 2.75) is 12.6 Å². The van der Waals surface area contributed by atoms with Crippen LogP contribution in [-0.2, 0) is 16.1 Å². The number of halogens is 1. The quantitative estimate of drug-likeness (QED) is 0.806. The van der Waals surface area contributed by atoms with E-state index in [0.717, 1.165) is 10.0 Å². The fraction of sp³-hybridized carbons (Fsp3) is 0.417. The van der Waals surface area contributed by atoms with Gasteiger partial charge in [-0.1, -0.05) is 12.1 Å². The number of carbonyl (C=O) groups is 1. The Kier molecular flexibility index (Phi) is 4.21. The predicted molar refractivity (Wildman–Crippen MR) is 72.8 cm³/mol. The highest BCUT2D eigenvalue weighted by atomic mass is 79.9. The number of nitrogens with two attached hydrogens (primary N) is 2. The van der Waals surface area contributed by atoms with Crippen molar-refractivity contribution in [3.05, 3.63) is 28.2 Å². The van der Waals surface area contributed by atoms with Crippen molar-refractivity contribution in [2.24, 2.45) is 5.73 Å². The summed E-state index contributed by atoms with van der Waals surface area (Å²) in [4.78, 5) is 13.4. The summed E-state index contributed by atoms with van der Waals surface area (Å²) in [5.41, 5.74) is 13.0. The van der Waals surface area contributed by atoms with E-state index in [1.54, 1.807) is 0 Å². The van der Waals surface area contributed by atoms with Gasteiger partial charge in [0.2, 0.25) is 5.91 Å². The van der Waals surface area contributed by atoms with Crippen LogP contribution < -0.4 is 11.5 Å². The van der Waals surface area contributed by atoms with Crippen molar-refractivity contribution >= 4 is 27.5 Å². The van der Waals surface area contributed by atoms with Gasteiger partial charge < -0.3 is 16.2 Å². The number of benzene rings is 1. The van der Waals surface area contributed by atoms with Gasteiger partial charge in [0.25, 0.3) is 0 Å². The molecular weight excluding hydrogens is 298 g/mol. The molecule has 0 aromatic heterocycles. The SMILES string of the molecule is NC(=O)C1COCCN1Cc1cccc(N)c1Br. The Morgan fingerprint density at radius 2 is 2.33 bits per heavy atom. The molecular formula is C12H16BrN3O2. The van der Waals surface area contributed by atoms with Crippen LogP contribution in [0.2, 0.25) is 0 Å². The molecule has 6 heteroatoms. The summed E-state index contributed by atoms with van der Waals surface area (Å²) < 4.78 is 6.16. The van der Waals surface area contributed by atoms with Crippen molar-refractivity contribution in [1.29, 1.82) is 0 Å². The fourth-order valence-corrected chi connectivity index (χ4v) is 2.42. The third kappa shape index (κ3) is 2.82. The largest absolute Gasteiger partial charge is 0.398 e. The van der Waals surface area contributed by atoms with Crippen molar-refractivity contribution in [1.82, 2.24) is 4.90 Å². The number of anilines is 1. The number of amides is 1. The summed E-state index contributed by atoms with van der Waals surface area (Å²) in [7, 11) is 0. The van der Waals surface area contributed by atoms with Gasteiger partial charge in [-0.2, -0.15) is 0 Å². The van der Waals surface area contributed by atoms with Gasteiger partial charge in [0.1, 0.15) is 6.04 Å². The van der Waals surface area contributed by atoms with Crippen molar-refractivity contribution in [3.63, 3.8) is 0 Å². The molecule has 1 heterocycles. The number of hydrogen-bond acceptors (Lipinski definition) is 4. The fourth-order valence-electron chi connectivity index (χ4n) is 2.03. The highest BCUT2D eigenvalue weighted by molar-refractivity contribution is 9.10. The molecule has 1 unspecified atom stereocenters. The number of rotatable bonds is 3. The van der Waals surface area contributed by atoms with Crippen LogP contribution in [0.5, 0.6) is 0 Å². The van der Waals surface area contributed by atoms with Gasteiger partial charge in [0.05, 0.1) is 13.2 Å². The van der Waals surface area contributed by atoms with Crippen LogP contribution in [0, 0.1) is 0 Å². The van der Waals surface area contributed by atoms with Crippen LogP contribution in [0.4, 0.5) is 5.69 Å². The Labute approximate surface area is 114 Å². The molecule has 98 valence electrons. The molecule has 1 amide bonds. The smallest absolute Gasteiger partial charge is 0.237 e. The van der Waals surface area contributed by atoms with Crippen molar-refractivity contribution in [3.8, 4) is 0 Å². The van der Waals surface area contributed by atoms with Crippen LogP contribution >= 0.6 is 15.9 Å². The second-order valence-electron chi connectivity index (χ2n) is 4.28. The van der Waals surface area contributed by atoms with E-state index >= 15 is 0 Å². The first-order valence-electron chi connectivity index (χ1n) is 5.73. The molecule has 1 fully saturated rings. The topological polar surface area (TPSA) is 81.6 Å². The van der Waals surface area contributed by atoms with Crippen LogP contribution in [0.1, 0.15) is 5.56 Å². The zero-order valence-corrected chi connectivity index (χ0v) is 11.5. The van der Waals surface area contributed by atoms with Crippen LogP contribution in [0.15, 0.2) is 22.7 Å². The highest BCUT2D eigenvalue weighted by Gasteiger charge is 2.27. The van der Waals surface area contributed by atoms with Gasteiger partial charge >= 0.3 is 0 Å².